The Kier molecular flexibility index (Phi) is 6.50. The number of fused-ring (bicyclic) bond motifs is 1. The van der Waals surface area contributed by atoms with E-state index in [1.165, 1.54) is 48.0 Å². The summed E-state index contributed by atoms with van der Waals surface area (Å²) in [7, 11) is 1.28. The van der Waals surface area contributed by atoms with E-state index in [-0.39, 0.29) is 18.2 Å². The molecule has 0 radical (unpaired) electrons. The standard InChI is InChI=1S/C20H18N2O6S/c1-27-20(26)13-6-8-14(9-7-13)21-17(23)11-28-19(25)10-22-15-4-2-3-5-16(15)29-12-18(22)24/h2-9H,10-12H2,1H3,(H,21,23). The molecule has 2 amide bonds. The van der Waals surface area contributed by atoms with E-state index in [2.05, 4.69) is 10.1 Å². The number of carbonyl (C=O) groups is 4. The molecule has 150 valence electrons. The van der Waals surface area contributed by atoms with Crippen LogP contribution in [0.1, 0.15) is 10.4 Å². The molecule has 8 nitrogen and oxygen atoms in total. The van der Waals surface area contributed by atoms with Crippen molar-refractivity contribution in [3.63, 3.8) is 0 Å². The number of methoxy groups -OCH3 is 1. The Balaban J connectivity index is 1.51. The van der Waals surface area contributed by atoms with Crippen LogP contribution in [-0.4, -0.2) is 49.8 Å². The highest BCUT2D eigenvalue weighted by molar-refractivity contribution is 8.00. The minimum Gasteiger partial charge on any atom is -0.465 e. The van der Waals surface area contributed by atoms with Gasteiger partial charge < -0.3 is 14.8 Å². The molecule has 0 spiro atoms. The number of hydrogen-bond donors (Lipinski definition) is 1. The molecule has 0 aliphatic carbocycles. The Morgan fingerprint density at radius 2 is 1.83 bits per heavy atom. The maximum atomic E-state index is 12.2. The molecule has 2 aromatic rings. The summed E-state index contributed by atoms with van der Waals surface area (Å²) < 4.78 is 9.60. The number of hydrogen-bond acceptors (Lipinski definition) is 7. The summed E-state index contributed by atoms with van der Waals surface area (Å²) >= 11 is 1.41. The van der Waals surface area contributed by atoms with Gasteiger partial charge in [0.2, 0.25) is 5.91 Å². The second-order valence-corrected chi connectivity index (χ2v) is 7.03. The van der Waals surface area contributed by atoms with Gasteiger partial charge in [-0.15, -0.1) is 11.8 Å². The first kappa shape index (κ1) is 20.4. The van der Waals surface area contributed by atoms with E-state index in [0.29, 0.717) is 16.9 Å². The molecular weight excluding hydrogens is 396 g/mol. The van der Waals surface area contributed by atoms with Gasteiger partial charge in [0.15, 0.2) is 6.61 Å². The molecule has 1 aliphatic heterocycles. The maximum absolute atomic E-state index is 12.2. The van der Waals surface area contributed by atoms with Crippen LogP contribution >= 0.6 is 11.8 Å². The minimum atomic E-state index is -0.684. The van der Waals surface area contributed by atoms with Gasteiger partial charge in [0.1, 0.15) is 6.54 Å². The molecule has 0 aromatic heterocycles. The van der Waals surface area contributed by atoms with Gasteiger partial charge in [-0.05, 0) is 36.4 Å². The first-order chi connectivity index (χ1) is 14.0. The van der Waals surface area contributed by atoms with E-state index in [1.54, 1.807) is 12.1 Å². The Hall–Kier alpha value is -3.33. The molecule has 3 rings (SSSR count). The molecule has 1 heterocycles. The SMILES string of the molecule is COC(=O)c1ccc(NC(=O)COC(=O)CN2C(=O)CSc3ccccc32)cc1. The zero-order valence-corrected chi connectivity index (χ0v) is 16.4. The summed E-state index contributed by atoms with van der Waals surface area (Å²) in [6.07, 6.45) is 0. The lowest BCUT2D eigenvalue weighted by atomic mass is 10.2. The molecule has 0 saturated heterocycles. The molecular formula is C20H18N2O6S. The normalized spacial score (nSPS) is 12.7. The number of benzene rings is 2. The van der Waals surface area contributed by atoms with Crippen LogP contribution in [0.5, 0.6) is 0 Å². The van der Waals surface area contributed by atoms with E-state index in [9.17, 15) is 19.2 Å². The third-order valence-corrected chi connectivity index (χ3v) is 5.10. The lowest BCUT2D eigenvalue weighted by Crippen LogP contribution is -2.40. The van der Waals surface area contributed by atoms with E-state index in [4.69, 9.17) is 4.74 Å². The average Bonchev–Trinajstić information content (AvgIpc) is 2.74. The highest BCUT2D eigenvalue weighted by Gasteiger charge is 2.26. The van der Waals surface area contributed by atoms with Crippen molar-refractivity contribution in [3.05, 3.63) is 54.1 Å². The molecule has 0 saturated carbocycles. The lowest BCUT2D eigenvalue weighted by molar-refractivity contribution is -0.146. The monoisotopic (exact) mass is 414 g/mol. The van der Waals surface area contributed by atoms with Crippen molar-refractivity contribution in [2.45, 2.75) is 4.90 Å². The van der Waals surface area contributed by atoms with Gasteiger partial charge >= 0.3 is 11.9 Å². The largest absolute Gasteiger partial charge is 0.465 e. The molecule has 1 N–H and O–H groups in total. The molecule has 2 aromatic carbocycles. The van der Waals surface area contributed by atoms with Crippen LogP contribution in [0.2, 0.25) is 0 Å². The summed E-state index contributed by atoms with van der Waals surface area (Å²) in [4.78, 5) is 49.9. The van der Waals surface area contributed by atoms with Gasteiger partial charge in [0, 0.05) is 10.6 Å². The first-order valence-corrected chi connectivity index (χ1v) is 9.62. The van der Waals surface area contributed by atoms with Crippen molar-refractivity contribution in [1.29, 1.82) is 0 Å². The van der Waals surface area contributed by atoms with Gasteiger partial charge in [-0.25, -0.2) is 4.79 Å². The molecule has 0 atom stereocenters. The predicted octanol–water partition coefficient (Wildman–Crippen LogP) is 2.09. The fourth-order valence-electron chi connectivity index (χ4n) is 2.65. The first-order valence-electron chi connectivity index (χ1n) is 8.64. The summed E-state index contributed by atoms with van der Waals surface area (Å²) in [6.45, 7) is -0.756. The Bertz CT molecular complexity index is 944. The molecule has 0 bridgehead atoms. The van der Waals surface area contributed by atoms with Crippen LogP contribution in [0, 0.1) is 0 Å². The van der Waals surface area contributed by atoms with Crippen molar-refractivity contribution in [2.75, 3.05) is 36.2 Å². The summed E-state index contributed by atoms with van der Waals surface area (Å²) in [5.74, 6) is -1.65. The maximum Gasteiger partial charge on any atom is 0.337 e. The van der Waals surface area contributed by atoms with Gasteiger partial charge in [-0.2, -0.15) is 0 Å². The van der Waals surface area contributed by atoms with Crippen LogP contribution in [0.3, 0.4) is 0 Å². The van der Waals surface area contributed by atoms with Gasteiger partial charge in [0.25, 0.3) is 5.91 Å². The van der Waals surface area contributed by atoms with E-state index in [1.807, 2.05) is 12.1 Å². The smallest absolute Gasteiger partial charge is 0.337 e. The van der Waals surface area contributed by atoms with Gasteiger partial charge in [-0.3, -0.25) is 19.3 Å². The number of esters is 2. The van der Waals surface area contributed by atoms with Crippen LogP contribution in [0.4, 0.5) is 11.4 Å². The lowest BCUT2D eigenvalue weighted by Gasteiger charge is -2.27. The highest BCUT2D eigenvalue weighted by atomic mass is 32.2. The van der Waals surface area contributed by atoms with Crippen molar-refractivity contribution in [1.82, 2.24) is 0 Å². The van der Waals surface area contributed by atoms with Crippen LogP contribution in [0.15, 0.2) is 53.4 Å². The van der Waals surface area contributed by atoms with Crippen molar-refractivity contribution in [2.24, 2.45) is 0 Å². The van der Waals surface area contributed by atoms with Crippen LogP contribution < -0.4 is 10.2 Å². The van der Waals surface area contributed by atoms with E-state index < -0.39 is 24.5 Å². The van der Waals surface area contributed by atoms with Crippen molar-refractivity contribution in [3.8, 4) is 0 Å². The van der Waals surface area contributed by atoms with E-state index >= 15 is 0 Å². The molecule has 9 heteroatoms. The van der Waals surface area contributed by atoms with E-state index in [0.717, 1.165) is 4.90 Å². The van der Waals surface area contributed by atoms with Gasteiger partial charge in [-0.1, -0.05) is 12.1 Å². The number of carbonyl (C=O) groups excluding carboxylic acids is 4. The van der Waals surface area contributed by atoms with Crippen molar-refractivity contribution >= 4 is 46.9 Å². The summed E-state index contributed by atoms with van der Waals surface area (Å²) in [5.41, 5.74) is 1.44. The fraction of sp³-hybridized carbons (Fsp3) is 0.200. The second kappa shape index (κ2) is 9.24. The molecule has 0 unspecified atom stereocenters. The van der Waals surface area contributed by atoms with Crippen LogP contribution in [-0.2, 0) is 23.9 Å². The summed E-state index contributed by atoms with van der Waals surface area (Å²) in [5, 5.41) is 2.56. The predicted molar refractivity (Wildman–Crippen MR) is 107 cm³/mol. The Labute approximate surface area is 171 Å². The number of amides is 2. The zero-order valence-electron chi connectivity index (χ0n) is 15.5. The number of nitrogens with one attached hydrogen (secondary N) is 1. The number of anilines is 2. The fourth-order valence-corrected chi connectivity index (χ4v) is 3.59. The molecule has 0 fully saturated rings. The van der Waals surface area contributed by atoms with Gasteiger partial charge in [0.05, 0.1) is 24.1 Å². The van der Waals surface area contributed by atoms with Crippen LogP contribution in [0.25, 0.3) is 0 Å². The number of rotatable bonds is 6. The number of nitrogens with zero attached hydrogens (tertiary/aromatic N) is 1. The third kappa shape index (κ3) is 5.14. The quantitative estimate of drug-likeness (QED) is 0.722. The topological polar surface area (TPSA) is 102 Å². The number of para-hydroxylation sites is 1. The molecule has 29 heavy (non-hydrogen) atoms. The zero-order chi connectivity index (χ0) is 20.8. The minimum absolute atomic E-state index is 0.194. The number of ether oxygens (including phenoxy) is 2. The third-order valence-electron chi connectivity index (χ3n) is 4.05. The number of thioether (sulfide) groups is 1. The molecule has 1 aliphatic rings. The average molecular weight is 414 g/mol. The Morgan fingerprint density at radius 1 is 1.10 bits per heavy atom. The summed E-state index contributed by atoms with van der Waals surface area (Å²) in [6, 6.07) is 13.4. The second-order valence-electron chi connectivity index (χ2n) is 6.01. The van der Waals surface area contributed by atoms with Crippen molar-refractivity contribution < 1.29 is 28.7 Å². The Morgan fingerprint density at radius 3 is 2.55 bits per heavy atom. The highest BCUT2D eigenvalue weighted by Crippen LogP contribution is 2.34.